The minimum atomic E-state index is -3.39. The van der Waals surface area contributed by atoms with E-state index >= 15 is 0 Å². The molecule has 0 aliphatic carbocycles. The summed E-state index contributed by atoms with van der Waals surface area (Å²) in [5, 5.41) is 4.78. The van der Waals surface area contributed by atoms with Gasteiger partial charge in [0.15, 0.2) is 0 Å². The summed E-state index contributed by atoms with van der Waals surface area (Å²) in [5.41, 5.74) is 0. The van der Waals surface area contributed by atoms with Crippen LogP contribution in [0.2, 0.25) is 0 Å². The van der Waals surface area contributed by atoms with E-state index in [-0.39, 0.29) is 0 Å². The van der Waals surface area contributed by atoms with Crippen molar-refractivity contribution in [2.75, 3.05) is 26.8 Å². The number of sulfonamides is 1. The fraction of sp³-hybridized carbons (Fsp3) is 0.636. The molecule has 0 amide bonds. The molecule has 18 heavy (non-hydrogen) atoms. The Labute approximate surface area is 112 Å². The molecule has 1 aliphatic heterocycles. The van der Waals surface area contributed by atoms with Gasteiger partial charge in [-0.05, 0) is 30.8 Å². The molecule has 1 aliphatic rings. The Morgan fingerprint density at radius 3 is 3.06 bits per heavy atom. The monoisotopic (exact) mass is 290 g/mol. The van der Waals surface area contributed by atoms with E-state index in [2.05, 4.69) is 10.0 Å². The number of hydrogen-bond acceptors (Lipinski definition) is 5. The lowest BCUT2D eigenvalue weighted by molar-refractivity contribution is 0.186. The van der Waals surface area contributed by atoms with Crippen LogP contribution in [0.15, 0.2) is 16.3 Å². The molecule has 0 bridgehead atoms. The Kier molecular flexibility index (Phi) is 4.74. The van der Waals surface area contributed by atoms with Crippen LogP contribution >= 0.6 is 11.3 Å². The van der Waals surface area contributed by atoms with E-state index in [0.717, 1.165) is 17.9 Å². The molecule has 102 valence electrons. The van der Waals surface area contributed by atoms with E-state index in [1.54, 1.807) is 18.5 Å². The lowest BCUT2D eigenvalue weighted by atomic mass is 10.1. The summed E-state index contributed by atoms with van der Waals surface area (Å²) in [4.78, 5) is 1.23. The highest BCUT2D eigenvalue weighted by atomic mass is 32.2. The molecule has 1 saturated heterocycles. The predicted octanol–water partition coefficient (Wildman–Crippen LogP) is 0.782. The number of nitrogens with one attached hydrogen (secondary N) is 2. The molecule has 1 fully saturated rings. The van der Waals surface area contributed by atoms with Crippen LogP contribution < -0.4 is 10.0 Å². The van der Waals surface area contributed by atoms with E-state index in [1.165, 1.54) is 11.3 Å². The molecular formula is C11H18N2O3S2. The number of rotatable bonds is 6. The van der Waals surface area contributed by atoms with Gasteiger partial charge in [0.05, 0.1) is 11.5 Å². The summed E-state index contributed by atoms with van der Waals surface area (Å²) in [5.74, 6) is 0.297. The Hall–Kier alpha value is -0.470. The fourth-order valence-corrected chi connectivity index (χ4v) is 4.48. The molecule has 1 aromatic heterocycles. The normalized spacial score (nSPS) is 20.4. The second-order valence-corrected chi connectivity index (χ2v) is 7.06. The molecule has 1 unspecified atom stereocenters. The topological polar surface area (TPSA) is 67.4 Å². The van der Waals surface area contributed by atoms with E-state index in [0.29, 0.717) is 30.5 Å². The van der Waals surface area contributed by atoms with Gasteiger partial charge in [0.1, 0.15) is 0 Å². The summed E-state index contributed by atoms with van der Waals surface area (Å²) in [6, 6.07) is 1.66. The van der Waals surface area contributed by atoms with E-state index < -0.39 is 10.0 Å². The van der Waals surface area contributed by atoms with Gasteiger partial charge in [-0.1, -0.05) is 0 Å². The van der Waals surface area contributed by atoms with Crippen molar-refractivity contribution >= 4 is 21.4 Å². The van der Waals surface area contributed by atoms with E-state index in [4.69, 9.17) is 4.74 Å². The fourth-order valence-electron chi connectivity index (χ4n) is 1.91. The minimum absolute atomic E-state index is 0.297. The number of ether oxygens (including phenoxy) is 1. The molecule has 0 aromatic carbocycles. The van der Waals surface area contributed by atoms with Crippen molar-refractivity contribution in [3.63, 3.8) is 0 Å². The van der Waals surface area contributed by atoms with Crippen molar-refractivity contribution < 1.29 is 13.2 Å². The highest BCUT2D eigenvalue weighted by Gasteiger charge is 2.22. The maximum absolute atomic E-state index is 12.2. The zero-order chi connectivity index (χ0) is 13.0. The highest BCUT2D eigenvalue weighted by molar-refractivity contribution is 7.89. The van der Waals surface area contributed by atoms with Gasteiger partial charge < -0.3 is 10.1 Å². The largest absolute Gasteiger partial charge is 0.381 e. The third kappa shape index (κ3) is 3.30. The van der Waals surface area contributed by atoms with Crippen molar-refractivity contribution in [1.29, 1.82) is 0 Å². The molecule has 2 N–H and O–H groups in total. The van der Waals surface area contributed by atoms with Gasteiger partial charge in [0.25, 0.3) is 0 Å². The molecule has 0 radical (unpaired) electrons. The summed E-state index contributed by atoms with van der Waals surface area (Å²) in [6.45, 7) is 2.41. The van der Waals surface area contributed by atoms with Crippen molar-refractivity contribution in [3.8, 4) is 0 Å². The Bertz CT molecular complexity index is 478. The zero-order valence-electron chi connectivity index (χ0n) is 10.3. The molecule has 0 spiro atoms. The lowest BCUT2D eigenvalue weighted by Gasteiger charge is -2.10. The van der Waals surface area contributed by atoms with Gasteiger partial charge >= 0.3 is 0 Å². The van der Waals surface area contributed by atoms with Crippen LogP contribution in [0, 0.1) is 5.92 Å². The van der Waals surface area contributed by atoms with Gasteiger partial charge in [-0.2, -0.15) is 0 Å². The molecule has 2 rings (SSSR count). The average molecular weight is 290 g/mol. The SMILES string of the molecule is CNCc1sccc1S(=O)(=O)NCC1CCOC1. The third-order valence-electron chi connectivity index (χ3n) is 2.92. The first-order valence-corrected chi connectivity index (χ1v) is 8.28. The Balaban J connectivity index is 2.02. The van der Waals surface area contributed by atoms with Gasteiger partial charge in [-0.15, -0.1) is 11.3 Å². The van der Waals surface area contributed by atoms with Crippen molar-refractivity contribution in [2.24, 2.45) is 5.92 Å². The van der Waals surface area contributed by atoms with Crippen molar-refractivity contribution in [1.82, 2.24) is 10.0 Å². The predicted molar refractivity (Wildman–Crippen MR) is 71.2 cm³/mol. The standard InChI is InChI=1S/C11H18N2O3S2/c1-12-7-10-11(3-5-17-10)18(14,15)13-6-9-2-4-16-8-9/h3,5,9,12-13H,2,4,6-8H2,1H3. The summed E-state index contributed by atoms with van der Waals surface area (Å²) in [7, 11) is -1.59. The second-order valence-electron chi connectivity index (χ2n) is 4.32. The molecule has 2 heterocycles. The van der Waals surface area contributed by atoms with Crippen LogP contribution in [0.4, 0.5) is 0 Å². The Morgan fingerprint density at radius 2 is 2.39 bits per heavy atom. The maximum Gasteiger partial charge on any atom is 0.241 e. The first-order chi connectivity index (χ1) is 8.63. The lowest BCUT2D eigenvalue weighted by Crippen LogP contribution is -2.30. The molecule has 7 heteroatoms. The summed E-state index contributed by atoms with van der Waals surface area (Å²) < 4.78 is 32.3. The average Bonchev–Trinajstić information content (AvgIpc) is 2.97. The van der Waals surface area contributed by atoms with Gasteiger partial charge in [-0.3, -0.25) is 0 Å². The van der Waals surface area contributed by atoms with Crippen LogP contribution in [0.1, 0.15) is 11.3 Å². The molecule has 0 saturated carbocycles. The van der Waals surface area contributed by atoms with E-state index in [9.17, 15) is 8.42 Å². The highest BCUT2D eigenvalue weighted by Crippen LogP contribution is 2.22. The number of thiophene rings is 1. The Morgan fingerprint density at radius 1 is 1.56 bits per heavy atom. The smallest absolute Gasteiger partial charge is 0.241 e. The van der Waals surface area contributed by atoms with Gasteiger partial charge in [-0.25, -0.2) is 13.1 Å². The second kappa shape index (κ2) is 6.12. The van der Waals surface area contributed by atoms with Crippen LogP contribution in [0.5, 0.6) is 0 Å². The zero-order valence-corrected chi connectivity index (χ0v) is 11.9. The van der Waals surface area contributed by atoms with Crippen molar-refractivity contribution in [2.45, 2.75) is 17.9 Å². The van der Waals surface area contributed by atoms with Gasteiger partial charge in [0, 0.05) is 24.6 Å². The molecule has 1 aromatic rings. The molecule has 5 nitrogen and oxygen atoms in total. The van der Waals surface area contributed by atoms with E-state index in [1.807, 2.05) is 0 Å². The van der Waals surface area contributed by atoms with Crippen LogP contribution in [-0.2, 0) is 21.3 Å². The first-order valence-electron chi connectivity index (χ1n) is 5.92. The quantitative estimate of drug-likeness (QED) is 0.812. The summed E-state index contributed by atoms with van der Waals surface area (Å²) in [6.07, 6.45) is 0.926. The third-order valence-corrected chi connectivity index (χ3v) is 5.48. The minimum Gasteiger partial charge on any atom is -0.381 e. The van der Waals surface area contributed by atoms with Gasteiger partial charge in [0.2, 0.25) is 10.0 Å². The van der Waals surface area contributed by atoms with Crippen LogP contribution in [0.3, 0.4) is 0 Å². The molecule has 1 atom stereocenters. The summed E-state index contributed by atoms with van der Waals surface area (Å²) >= 11 is 1.45. The first kappa shape index (κ1) is 14.0. The maximum atomic E-state index is 12.2. The van der Waals surface area contributed by atoms with Crippen molar-refractivity contribution in [3.05, 3.63) is 16.3 Å². The van der Waals surface area contributed by atoms with Crippen LogP contribution in [0.25, 0.3) is 0 Å². The number of hydrogen-bond donors (Lipinski definition) is 2. The van der Waals surface area contributed by atoms with Crippen LogP contribution in [-0.4, -0.2) is 35.2 Å². The molecular weight excluding hydrogens is 272 g/mol.